The second-order valence-corrected chi connectivity index (χ2v) is 6.09. The number of fused-ring (bicyclic) bond motifs is 1. The average Bonchev–Trinajstić information content (AvgIpc) is 2.89. The van der Waals surface area contributed by atoms with Crippen molar-refractivity contribution in [3.05, 3.63) is 29.0 Å². The van der Waals surface area contributed by atoms with Crippen LogP contribution in [0.4, 0.5) is 0 Å². The van der Waals surface area contributed by atoms with E-state index in [9.17, 15) is 9.90 Å². The predicted octanol–water partition coefficient (Wildman–Crippen LogP) is 2.42. The molecule has 19 heavy (non-hydrogen) atoms. The molecule has 1 N–H and O–H groups in total. The number of nitrogens with zero attached hydrogens (tertiary/aromatic N) is 2. The molecule has 0 unspecified atom stereocenters. The fraction of sp³-hybridized carbons (Fsp3) is 0.571. The number of hydrogen-bond donors (Lipinski definition) is 1. The average molecular weight is 281 g/mol. The molecular weight excluding hydrogens is 264 g/mol. The molecule has 1 aliphatic carbocycles. The number of aromatic nitrogens is 1. The first-order valence-corrected chi connectivity index (χ1v) is 7.04. The minimum absolute atomic E-state index is 0.297. The molecule has 0 spiro atoms. The van der Waals surface area contributed by atoms with Crippen molar-refractivity contribution >= 4 is 17.6 Å². The lowest BCUT2D eigenvalue weighted by Crippen LogP contribution is -2.35. The third kappa shape index (κ3) is 2.13. The Hall–Kier alpha value is -1.13. The van der Waals surface area contributed by atoms with E-state index in [4.69, 9.17) is 11.6 Å². The Bertz CT molecular complexity index is 508. The highest BCUT2D eigenvalue weighted by Gasteiger charge is 2.54. The molecule has 2 aliphatic rings. The standard InChI is InChI=1S/C14H17ClN2O2/c15-12-6-16-5-3-10(12)7-17-8-11-2-1-4-14(11,9-17)13(18)19/h3,5-6,11H,1-2,4,7-9H2,(H,18,19)/t11-,14+/m0/s1. The highest BCUT2D eigenvalue weighted by atomic mass is 35.5. The highest BCUT2D eigenvalue weighted by Crippen LogP contribution is 2.49. The van der Waals surface area contributed by atoms with E-state index in [2.05, 4.69) is 9.88 Å². The zero-order chi connectivity index (χ0) is 13.5. The maximum atomic E-state index is 11.6. The van der Waals surface area contributed by atoms with E-state index in [1.807, 2.05) is 6.07 Å². The van der Waals surface area contributed by atoms with Gasteiger partial charge in [0.25, 0.3) is 0 Å². The lowest BCUT2D eigenvalue weighted by molar-refractivity contribution is -0.149. The summed E-state index contributed by atoms with van der Waals surface area (Å²) in [6.07, 6.45) is 6.26. The number of carboxylic acids is 1. The summed E-state index contributed by atoms with van der Waals surface area (Å²) in [4.78, 5) is 17.8. The van der Waals surface area contributed by atoms with Crippen molar-refractivity contribution in [1.29, 1.82) is 0 Å². The smallest absolute Gasteiger partial charge is 0.311 e. The van der Waals surface area contributed by atoms with Crippen LogP contribution in [0.1, 0.15) is 24.8 Å². The summed E-state index contributed by atoms with van der Waals surface area (Å²) in [6.45, 7) is 2.23. The molecule has 0 radical (unpaired) electrons. The van der Waals surface area contributed by atoms with E-state index in [0.29, 0.717) is 24.0 Å². The lowest BCUT2D eigenvalue weighted by Gasteiger charge is -2.23. The van der Waals surface area contributed by atoms with Crippen LogP contribution in [0.25, 0.3) is 0 Å². The summed E-state index contributed by atoms with van der Waals surface area (Å²) in [7, 11) is 0. The van der Waals surface area contributed by atoms with Gasteiger partial charge >= 0.3 is 5.97 Å². The third-order valence-electron chi connectivity index (χ3n) is 4.62. The van der Waals surface area contributed by atoms with Crippen molar-refractivity contribution < 1.29 is 9.90 Å². The van der Waals surface area contributed by atoms with Gasteiger partial charge in [0, 0.05) is 32.0 Å². The fourth-order valence-corrected chi connectivity index (χ4v) is 3.82. The van der Waals surface area contributed by atoms with Gasteiger partial charge in [-0.2, -0.15) is 0 Å². The third-order valence-corrected chi connectivity index (χ3v) is 4.96. The van der Waals surface area contributed by atoms with Crippen LogP contribution >= 0.6 is 11.6 Å². The molecule has 2 atom stereocenters. The summed E-state index contributed by atoms with van der Waals surface area (Å²) >= 11 is 6.12. The molecule has 0 amide bonds. The summed E-state index contributed by atoms with van der Waals surface area (Å²) < 4.78 is 0. The monoisotopic (exact) mass is 280 g/mol. The largest absolute Gasteiger partial charge is 0.481 e. The van der Waals surface area contributed by atoms with Crippen LogP contribution in [-0.4, -0.2) is 34.0 Å². The maximum Gasteiger partial charge on any atom is 0.311 e. The van der Waals surface area contributed by atoms with Crippen LogP contribution in [0, 0.1) is 11.3 Å². The predicted molar refractivity (Wildman–Crippen MR) is 71.9 cm³/mol. The molecule has 1 saturated carbocycles. The minimum atomic E-state index is -0.627. The first kappa shape index (κ1) is 12.9. The number of hydrogen-bond acceptors (Lipinski definition) is 3. The van der Waals surface area contributed by atoms with Gasteiger partial charge in [0.15, 0.2) is 0 Å². The van der Waals surface area contributed by atoms with Crippen LogP contribution in [0.3, 0.4) is 0 Å². The van der Waals surface area contributed by atoms with Gasteiger partial charge in [-0.25, -0.2) is 0 Å². The molecule has 0 bridgehead atoms. The van der Waals surface area contributed by atoms with E-state index >= 15 is 0 Å². The number of halogens is 1. The van der Waals surface area contributed by atoms with E-state index in [0.717, 1.165) is 31.4 Å². The molecule has 1 saturated heterocycles. The van der Waals surface area contributed by atoms with Crippen molar-refractivity contribution in [2.75, 3.05) is 13.1 Å². The Balaban J connectivity index is 1.76. The lowest BCUT2D eigenvalue weighted by atomic mass is 9.81. The minimum Gasteiger partial charge on any atom is -0.481 e. The Morgan fingerprint density at radius 2 is 2.47 bits per heavy atom. The SMILES string of the molecule is O=C(O)[C@@]12CCC[C@H]1CN(Cc1ccncc1Cl)C2. The van der Waals surface area contributed by atoms with Crippen LogP contribution in [0.15, 0.2) is 18.5 Å². The Morgan fingerprint density at radius 1 is 1.63 bits per heavy atom. The van der Waals surface area contributed by atoms with Crippen LogP contribution in [0.2, 0.25) is 5.02 Å². The highest BCUT2D eigenvalue weighted by molar-refractivity contribution is 6.31. The summed E-state index contributed by atoms with van der Waals surface area (Å²) in [6, 6.07) is 1.91. The van der Waals surface area contributed by atoms with E-state index in [1.54, 1.807) is 12.4 Å². The molecule has 1 aromatic rings. The molecule has 2 heterocycles. The number of rotatable bonds is 3. The summed E-state index contributed by atoms with van der Waals surface area (Å²) in [5, 5.41) is 10.2. The summed E-state index contributed by atoms with van der Waals surface area (Å²) in [5.74, 6) is -0.330. The van der Waals surface area contributed by atoms with Gasteiger partial charge in [-0.3, -0.25) is 14.7 Å². The van der Waals surface area contributed by atoms with Gasteiger partial charge in [0.2, 0.25) is 0 Å². The summed E-state index contributed by atoms with van der Waals surface area (Å²) in [5.41, 5.74) is 0.511. The van der Waals surface area contributed by atoms with E-state index < -0.39 is 11.4 Å². The molecule has 0 aromatic carbocycles. The van der Waals surface area contributed by atoms with Crippen molar-refractivity contribution in [2.24, 2.45) is 11.3 Å². The van der Waals surface area contributed by atoms with Crippen molar-refractivity contribution in [3.8, 4) is 0 Å². The van der Waals surface area contributed by atoms with Crippen molar-refractivity contribution in [1.82, 2.24) is 9.88 Å². The molecule has 1 aromatic heterocycles. The first-order chi connectivity index (χ1) is 9.12. The van der Waals surface area contributed by atoms with Crippen molar-refractivity contribution in [3.63, 3.8) is 0 Å². The number of aliphatic carboxylic acids is 1. The molecule has 1 aliphatic heterocycles. The zero-order valence-corrected chi connectivity index (χ0v) is 11.4. The molecule has 5 heteroatoms. The second kappa shape index (κ2) is 4.76. The van der Waals surface area contributed by atoms with E-state index in [1.165, 1.54) is 0 Å². The number of carbonyl (C=O) groups is 1. The maximum absolute atomic E-state index is 11.6. The van der Waals surface area contributed by atoms with Crippen molar-refractivity contribution in [2.45, 2.75) is 25.8 Å². The van der Waals surface area contributed by atoms with Crippen LogP contribution in [0.5, 0.6) is 0 Å². The number of carboxylic acid groups (broad SMARTS) is 1. The zero-order valence-electron chi connectivity index (χ0n) is 10.7. The Morgan fingerprint density at radius 3 is 3.16 bits per heavy atom. The van der Waals surface area contributed by atoms with E-state index in [-0.39, 0.29) is 0 Å². The quantitative estimate of drug-likeness (QED) is 0.924. The van der Waals surface area contributed by atoms with Crippen LogP contribution < -0.4 is 0 Å². The molecule has 102 valence electrons. The van der Waals surface area contributed by atoms with Gasteiger partial charge < -0.3 is 5.11 Å². The topological polar surface area (TPSA) is 53.4 Å². The van der Waals surface area contributed by atoms with Gasteiger partial charge in [-0.1, -0.05) is 18.0 Å². The van der Waals surface area contributed by atoms with Gasteiger partial charge in [-0.15, -0.1) is 0 Å². The molecule has 3 rings (SSSR count). The normalized spacial score (nSPS) is 30.5. The molecule has 4 nitrogen and oxygen atoms in total. The second-order valence-electron chi connectivity index (χ2n) is 5.69. The Labute approximate surface area is 117 Å². The fourth-order valence-electron chi connectivity index (χ4n) is 3.64. The van der Waals surface area contributed by atoms with Gasteiger partial charge in [-0.05, 0) is 30.4 Å². The number of pyridine rings is 1. The molecular formula is C14H17ClN2O2. The first-order valence-electron chi connectivity index (χ1n) is 6.66. The van der Waals surface area contributed by atoms with Gasteiger partial charge in [0.05, 0.1) is 10.4 Å². The molecule has 2 fully saturated rings. The van der Waals surface area contributed by atoms with Crippen LogP contribution in [-0.2, 0) is 11.3 Å². The van der Waals surface area contributed by atoms with Gasteiger partial charge in [0.1, 0.15) is 0 Å². The Kier molecular flexibility index (Phi) is 3.23. The number of likely N-dealkylation sites (tertiary alicyclic amines) is 1.